The summed E-state index contributed by atoms with van der Waals surface area (Å²) in [5.74, 6) is -0.660. The predicted octanol–water partition coefficient (Wildman–Crippen LogP) is 1.50. The first-order valence-corrected chi connectivity index (χ1v) is 7.49. The molecule has 0 bridgehead atoms. The van der Waals surface area contributed by atoms with E-state index in [0.717, 1.165) is 50.1 Å². The third-order valence-corrected chi connectivity index (χ3v) is 4.48. The number of nitrogens with zero attached hydrogens (tertiary/aromatic N) is 2. The quantitative estimate of drug-likeness (QED) is 0.517. The van der Waals surface area contributed by atoms with Gasteiger partial charge >= 0.3 is 5.97 Å². The smallest absolute Gasteiger partial charge is 0.344 e. The van der Waals surface area contributed by atoms with Gasteiger partial charge in [0.15, 0.2) is 0 Å². The zero-order valence-corrected chi connectivity index (χ0v) is 12.5. The molecule has 1 fully saturated rings. The second-order valence-corrected chi connectivity index (χ2v) is 5.67. The summed E-state index contributed by atoms with van der Waals surface area (Å²) >= 11 is 0. The lowest BCUT2D eigenvalue weighted by atomic mass is 10.0. The monoisotopic (exact) mass is 305 g/mol. The molecular weight excluding hydrogens is 286 g/mol. The summed E-state index contributed by atoms with van der Waals surface area (Å²) in [4.78, 5) is 24.8. The normalized spacial score (nSPS) is 18.1. The number of ether oxygens (including phenoxy) is 1. The van der Waals surface area contributed by atoms with E-state index >= 15 is 0 Å². The molecule has 0 radical (unpaired) electrons. The predicted molar refractivity (Wildman–Crippen MR) is 81.4 cm³/mol. The average molecular weight is 305 g/mol. The molecule has 0 aliphatic carbocycles. The molecule has 2 heterocycles. The summed E-state index contributed by atoms with van der Waals surface area (Å²) < 4.78 is 4.70. The Balaban J connectivity index is 2.00. The van der Waals surface area contributed by atoms with Crippen LogP contribution < -0.4 is 10.2 Å². The van der Waals surface area contributed by atoms with Gasteiger partial charge in [-0.15, -0.1) is 0 Å². The fourth-order valence-corrected chi connectivity index (χ4v) is 3.37. The number of esters is 1. The minimum Gasteiger partial charge on any atom is -0.465 e. The third kappa shape index (κ3) is 2.52. The van der Waals surface area contributed by atoms with Crippen molar-refractivity contribution in [2.75, 3.05) is 31.6 Å². The summed E-state index contributed by atoms with van der Waals surface area (Å²) in [5.41, 5.74) is 1.75. The van der Waals surface area contributed by atoms with Crippen LogP contribution in [0, 0.1) is 10.1 Å². The minimum absolute atomic E-state index is 0.0343. The van der Waals surface area contributed by atoms with Crippen LogP contribution in [0.15, 0.2) is 12.1 Å². The first kappa shape index (κ1) is 14.8. The molecule has 2 aliphatic heterocycles. The number of hydrogen-bond donors (Lipinski definition) is 1. The van der Waals surface area contributed by atoms with E-state index in [1.54, 1.807) is 6.07 Å². The molecule has 0 saturated carbocycles. The minimum atomic E-state index is -0.660. The molecule has 118 valence electrons. The van der Waals surface area contributed by atoms with Crippen LogP contribution in [0.2, 0.25) is 0 Å². The van der Waals surface area contributed by atoms with E-state index in [1.807, 2.05) is 0 Å². The van der Waals surface area contributed by atoms with Gasteiger partial charge in [0.05, 0.1) is 12.0 Å². The molecule has 0 aromatic heterocycles. The number of nitro groups is 1. The fraction of sp³-hybridized carbons (Fsp3) is 0.533. The number of piperidine rings is 1. The topological polar surface area (TPSA) is 84.7 Å². The molecule has 2 aliphatic rings. The highest BCUT2D eigenvalue weighted by atomic mass is 16.6. The molecule has 0 unspecified atom stereocenters. The van der Waals surface area contributed by atoms with Gasteiger partial charge in [-0.25, -0.2) is 4.79 Å². The Hall–Kier alpha value is -2.15. The standard InChI is InChI=1S/C15H19N3O4/c1-22-15(19)12-9-13-10(8-14(12)18(20)21)4-7-17(13)11-2-5-16-6-3-11/h8-9,11,16H,2-7H2,1H3. The molecule has 7 heteroatoms. The molecule has 0 spiro atoms. The van der Waals surface area contributed by atoms with Crippen molar-refractivity contribution in [3.63, 3.8) is 0 Å². The maximum absolute atomic E-state index is 11.9. The van der Waals surface area contributed by atoms with Crippen LogP contribution in [0.3, 0.4) is 0 Å². The molecule has 3 rings (SSSR count). The number of benzene rings is 1. The van der Waals surface area contributed by atoms with Crippen molar-refractivity contribution in [3.05, 3.63) is 33.4 Å². The Bertz CT molecular complexity index is 611. The van der Waals surface area contributed by atoms with Crippen LogP contribution in [0.5, 0.6) is 0 Å². The van der Waals surface area contributed by atoms with Gasteiger partial charge < -0.3 is 15.0 Å². The Morgan fingerprint density at radius 3 is 2.77 bits per heavy atom. The first-order chi connectivity index (χ1) is 10.6. The molecule has 7 nitrogen and oxygen atoms in total. The number of nitrogens with one attached hydrogen (secondary N) is 1. The number of anilines is 1. The van der Waals surface area contributed by atoms with Crippen LogP contribution in [0.1, 0.15) is 28.8 Å². The molecular formula is C15H19N3O4. The second kappa shape index (κ2) is 5.92. The van der Waals surface area contributed by atoms with Crippen molar-refractivity contribution >= 4 is 17.3 Å². The zero-order valence-electron chi connectivity index (χ0n) is 12.5. The first-order valence-electron chi connectivity index (χ1n) is 7.49. The van der Waals surface area contributed by atoms with Crippen LogP contribution in [0.4, 0.5) is 11.4 Å². The summed E-state index contributed by atoms with van der Waals surface area (Å²) in [6, 6.07) is 3.59. The Morgan fingerprint density at radius 1 is 1.41 bits per heavy atom. The fourth-order valence-electron chi connectivity index (χ4n) is 3.37. The van der Waals surface area contributed by atoms with E-state index in [-0.39, 0.29) is 11.3 Å². The third-order valence-electron chi connectivity index (χ3n) is 4.48. The molecule has 1 saturated heterocycles. The van der Waals surface area contributed by atoms with E-state index in [1.165, 1.54) is 13.2 Å². The van der Waals surface area contributed by atoms with Crippen molar-refractivity contribution in [2.24, 2.45) is 0 Å². The van der Waals surface area contributed by atoms with Gasteiger partial charge in [0.25, 0.3) is 5.69 Å². The van der Waals surface area contributed by atoms with Crippen LogP contribution in [-0.2, 0) is 11.2 Å². The molecule has 22 heavy (non-hydrogen) atoms. The highest BCUT2D eigenvalue weighted by Crippen LogP contribution is 2.36. The van der Waals surface area contributed by atoms with Gasteiger partial charge in [-0.1, -0.05) is 0 Å². The summed E-state index contributed by atoms with van der Waals surface area (Å²) in [7, 11) is 1.24. The van der Waals surface area contributed by atoms with Crippen molar-refractivity contribution < 1.29 is 14.5 Å². The largest absolute Gasteiger partial charge is 0.465 e. The Labute approximate surface area is 128 Å². The van der Waals surface area contributed by atoms with Crippen molar-refractivity contribution in [1.82, 2.24) is 5.32 Å². The number of rotatable bonds is 3. The lowest BCUT2D eigenvalue weighted by Crippen LogP contribution is -2.42. The van der Waals surface area contributed by atoms with Gasteiger partial charge in [0, 0.05) is 24.3 Å². The van der Waals surface area contributed by atoms with E-state index in [2.05, 4.69) is 10.2 Å². The molecule has 1 N–H and O–H groups in total. The lowest BCUT2D eigenvalue weighted by molar-refractivity contribution is -0.385. The van der Waals surface area contributed by atoms with E-state index in [0.29, 0.717) is 6.04 Å². The van der Waals surface area contributed by atoms with Gasteiger partial charge in [-0.05, 0) is 44.0 Å². The highest BCUT2D eigenvalue weighted by molar-refractivity contribution is 5.95. The van der Waals surface area contributed by atoms with Crippen molar-refractivity contribution in [2.45, 2.75) is 25.3 Å². The summed E-state index contributed by atoms with van der Waals surface area (Å²) in [6.45, 7) is 2.81. The number of carbonyl (C=O) groups excluding carboxylic acids is 1. The summed E-state index contributed by atoms with van der Waals surface area (Å²) in [5, 5.41) is 14.5. The van der Waals surface area contributed by atoms with Crippen LogP contribution >= 0.6 is 0 Å². The Kier molecular flexibility index (Phi) is 3.98. The SMILES string of the molecule is COC(=O)c1cc2c(cc1[N+](=O)[O-])CCN2C1CCNCC1. The molecule has 0 atom stereocenters. The number of hydrogen-bond acceptors (Lipinski definition) is 6. The van der Waals surface area contributed by atoms with Crippen LogP contribution in [0.25, 0.3) is 0 Å². The summed E-state index contributed by atoms with van der Waals surface area (Å²) in [6.07, 6.45) is 2.87. The number of fused-ring (bicyclic) bond motifs is 1. The van der Waals surface area contributed by atoms with Gasteiger partial charge in [0.1, 0.15) is 5.56 Å². The maximum Gasteiger partial charge on any atom is 0.344 e. The lowest BCUT2D eigenvalue weighted by Gasteiger charge is -2.33. The zero-order chi connectivity index (χ0) is 15.7. The molecule has 0 amide bonds. The van der Waals surface area contributed by atoms with Gasteiger partial charge in [-0.2, -0.15) is 0 Å². The average Bonchev–Trinajstić information content (AvgIpc) is 2.96. The Morgan fingerprint density at radius 2 is 2.14 bits per heavy atom. The maximum atomic E-state index is 11.9. The number of methoxy groups -OCH3 is 1. The van der Waals surface area contributed by atoms with Crippen molar-refractivity contribution in [3.8, 4) is 0 Å². The number of carbonyl (C=O) groups is 1. The number of nitro benzene ring substituents is 1. The van der Waals surface area contributed by atoms with E-state index in [4.69, 9.17) is 4.74 Å². The molecule has 1 aromatic carbocycles. The highest BCUT2D eigenvalue weighted by Gasteiger charge is 2.32. The molecule has 1 aromatic rings. The van der Waals surface area contributed by atoms with Gasteiger partial charge in [0.2, 0.25) is 0 Å². The second-order valence-electron chi connectivity index (χ2n) is 5.67. The van der Waals surface area contributed by atoms with Gasteiger partial charge in [-0.3, -0.25) is 10.1 Å². The van der Waals surface area contributed by atoms with E-state index in [9.17, 15) is 14.9 Å². The van der Waals surface area contributed by atoms with Crippen LogP contribution in [-0.4, -0.2) is 43.7 Å². The van der Waals surface area contributed by atoms with E-state index < -0.39 is 10.9 Å². The van der Waals surface area contributed by atoms with Crippen molar-refractivity contribution in [1.29, 1.82) is 0 Å².